The van der Waals surface area contributed by atoms with Crippen molar-refractivity contribution in [3.05, 3.63) is 29.8 Å². The van der Waals surface area contributed by atoms with E-state index in [-0.39, 0.29) is 0 Å². The summed E-state index contributed by atoms with van der Waals surface area (Å²) in [6.07, 6.45) is -4.60. The van der Waals surface area contributed by atoms with Gasteiger partial charge in [-0.1, -0.05) is 12.1 Å². The van der Waals surface area contributed by atoms with E-state index < -0.39 is 24.5 Å². The topological polar surface area (TPSA) is 35.2 Å². The third kappa shape index (κ3) is 3.47. The van der Waals surface area contributed by atoms with Gasteiger partial charge in [0.15, 0.2) is 0 Å². The first-order valence-corrected chi connectivity index (χ1v) is 5.12. The first kappa shape index (κ1) is 14.1. The van der Waals surface area contributed by atoms with Gasteiger partial charge in [0.2, 0.25) is 0 Å². The van der Waals surface area contributed by atoms with Gasteiger partial charge in [-0.2, -0.15) is 17.6 Å². The van der Waals surface area contributed by atoms with E-state index in [0.29, 0.717) is 11.3 Å². The van der Waals surface area contributed by atoms with Crippen LogP contribution in [0.15, 0.2) is 24.3 Å². The second-order valence-electron chi connectivity index (χ2n) is 3.39. The van der Waals surface area contributed by atoms with E-state index in [4.69, 9.17) is 17.3 Å². The standard InChI is InChI=1S/C10H10ClF4NO/c11-6-9(12,13)10(14,15)17-5-7-1-3-8(16)4-2-7/h1-4H,5-6,16H2. The predicted octanol–water partition coefficient (Wildman–Crippen LogP) is 3.25. The molecular formula is C10H10ClF4NO. The summed E-state index contributed by atoms with van der Waals surface area (Å²) in [6.45, 7) is -0.653. The van der Waals surface area contributed by atoms with Gasteiger partial charge in [-0.25, -0.2) is 0 Å². The molecule has 0 aromatic heterocycles. The largest absolute Gasteiger partial charge is 0.420 e. The normalized spacial score (nSPS) is 12.8. The fraction of sp³-hybridized carbons (Fsp3) is 0.400. The minimum atomic E-state index is -4.60. The van der Waals surface area contributed by atoms with Crippen molar-refractivity contribution >= 4 is 17.3 Å². The van der Waals surface area contributed by atoms with Crippen LogP contribution in [0.4, 0.5) is 23.2 Å². The number of ether oxygens (including phenoxy) is 1. The van der Waals surface area contributed by atoms with Gasteiger partial charge in [0.25, 0.3) is 0 Å². The van der Waals surface area contributed by atoms with Crippen molar-refractivity contribution in [3.8, 4) is 0 Å². The van der Waals surface area contributed by atoms with Gasteiger partial charge in [0, 0.05) is 5.69 Å². The van der Waals surface area contributed by atoms with Gasteiger partial charge in [-0.15, -0.1) is 11.6 Å². The number of rotatable bonds is 5. The Kier molecular flexibility index (Phi) is 4.21. The molecule has 0 spiro atoms. The van der Waals surface area contributed by atoms with Crippen molar-refractivity contribution < 1.29 is 22.3 Å². The number of hydrogen-bond donors (Lipinski definition) is 1. The van der Waals surface area contributed by atoms with Crippen LogP contribution in [0.5, 0.6) is 0 Å². The number of anilines is 1. The first-order chi connectivity index (χ1) is 7.78. The van der Waals surface area contributed by atoms with Crippen LogP contribution < -0.4 is 5.73 Å². The molecule has 0 amide bonds. The highest BCUT2D eigenvalue weighted by molar-refractivity contribution is 6.18. The zero-order chi connectivity index (χ0) is 13.1. The van der Waals surface area contributed by atoms with Crippen molar-refractivity contribution in [2.75, 3.05) is 11.6 Å². The summed E-state index contributed by atoms with van der Waals surface area (Å²) in [4.78, 5) is 0. The molecular weight excluding hydrogens is 262 g/mol. The lowest BCUT2D eigenvalue weighted by atomic mass is 10.2. The highest BCUT2D eigenvalue weighted by Gasteiger charge is 2.57. The number of hydrogen-bond acceptors (Lipinski definition) is 2. The molecule has 1 aromatic rings. The molecule has 2 nitrogen and oxygen atoms in total. The highest BCUT2D eigenvalue weighted by atomic mass is 35.5. The molecule has 0 heterocycles. The summed E-state index contributed by atoms with van der Waals surface area (Å²) >= 11 is 4.75. The number of alkyl halides is 5. The number of halogens is 5. The Labute approximate surface area is 100 Å². The van der Waals surface area contributed by atoms with Crippen molar-refractivity contribution in [2.45, 2.75) is 18.6 Å². The average Bonchev–Trinajstić information content (AvgIpc) is 2.28. The molecule has 0 radical (unpaired) electrons. The van der Waals surface area contributed by atoms with Crippen LogP contribution in [-0.2, 0) is 11.3 Å². The summed E-state index contributed by atoms with van der Waals surface area (Å²) in [5.41, 5.74) is 6.12. The molecule has 1 aromatic carbocycles. The Morgan fingerprint density at radius 2 is 1.65 bits per heavy atom. The summed E-state index contributed by atoms with van der Waals surface area (Å²) in [6, 6.07) is 5.72. The van der Waals surface area contributed by atoms with E-state index in [0.717, 1.165) is 0 Å². The van der Waals surface area contributed by atoms with E-state index in [2.05, 4.69) is 4.74 Å². The molecule has 2 N–H and O–H groups in total. The Morgan fingerprint density at radius 1 is 1.12 bits per heavy atom. The lowest BCUT2D eigenvalue weighted by Gasteiger charge is -2.24. The van der Waals surface area contributed by atoms with Gasteiger partial charge in [-0.3, -0.25) is 0 Å². The molecule has 0 saturated carbocycles. The predicted molar refractivity (Wildman–Crippen MR) is 56.3 cm³/mol. The molecule has 0 fully saturated rings. The van der Waals surface area contributed by atoms with Gasteiger partial charge < -0.3 is 10.5 Å². The molecule has 7 heteroatoms. The zero-order valence-corrected chi connectivity index (χ0v) is 9.35. The second kappa shape index (κ2) is 5.10. The minimum Gasteiger partial charge on any atom is -0.399 e. The third-order valence-corrected chi connectivity index (χ3v) is 2.33. The SMILES string of the molecule is Nc1ccc(COC(F)(F)C(F)(F)CCl)cc1. The summed E-state index contributed by atoms with van der Waals surface area (Å²) < 4.78 is 55.0. The minimum absolute atomic E-state index is 0.309. The number of nitrogens with two attached hydrogens (primary N) is 1. The van der Waals surface area contributed by atoms with Crippen molar-refractivity contribution in [3.63, 3.8) is 0 Å². The van der Waals surface area contributed by atoms with Crippen LogP contribution in [-0.4, -0.2) is 17.9 Å². The fourth-order valence-corrected chi connectivity index (χ4v) is 1.13. The Balaban J connectivity index is 2.64. The van der Waals surface area contributed by atoms with E-state index in [1.165, 1.54) is 24.3 Å². The van der Waals surface area contributed by atoms with Crippen LogP contribution in [0.2, 0.25) is 0 Å². The molecule has 0 aliphatic rings. The van der Waals surface area contributed by atoms with Crippen LogP contribution in [0, 0.1) is 0 Å². The maximum Gasteiger partial charge on any atom is 0.420 e. The van der Waals surface area contributed by atoms with Gasteiger partial charge in [0.05, 0.1) is 12.5 Å². The van der Waals surface area contributed by atoms with E-state index >= 15 is 0 Å². The maximum absolute atomic E-state index is 12.9. The van der Waals surface area contributed by atoms with Crippen LogP contribution in [0.25, 0.3) is 0 Å². The van der Waals surface area contributed by atoms with Crippen molar-refractivity contribution in [1.82, 2.24) is 0 Å². The Morgan fingerprint density at radius 3 is 2.12 bits per heavy atom. The van der Waals surface area contributed by atoms with Gasteiger partial charge >= 0.3 is 12.0 Å². The van der Waals surface area contributed by atoms with E-state index in [1.807, 2.05) is 0 Å². The Hall–Kier alpha value is -1.01. The Bertz CT molecular complexity index is 369. The summed E-state index contributed by atoms with van der Waals surface area (Å²) in [7, 11) is 0. The molecule has 0 bridgehead atoms. The molecule has 0 unspecified atom stereocenters. The summed E-state index contributed by atoms with van der Waals surface area (Å²) in [5.74, 6) is -5.91. The first-order valence-electron chi connectivity index (χ1n) is 4.58. The van der Waals surface area contributed by atoms with E-state index in [1.54, 1.807) is 0 Å². The molecule has 17 heavy (non-hydrogen) atoms. The smallest absolute Gasteiger partial charge is 0.399 e. The lowest BCUT2D eigenvalue weighted by molar-refractivity contribution is -0.344. The van der Waals surface area contributed by atoms with Crippen molar-refractivity contribution in [2.24, 2.45) is 0 Å². The molecule has 0 aliphatic carbocycles. The van der Waals surface area contributed by atoms with Crippen LogP contribution in [0.3, 0.4) is 0 Å². The lowest BCUT2D eigenvalue weighted by Crippen LogP contribution is -2.44. The third-order valence-electron chi connectivity index (χ3n) is 1.99. The number of benzene rings is 1. The van der Waals surface area contributed by atoms with Crippen molar-refractivity contribution in [1.29, 1.82) is 0 Å². The molecule has 0 saturated heterocycles. The zero-order valence-electron chi connectivity index (χ0n) is 8.60. The van der Waals surface area contributed by atoms with Crippen LogP contribution in [0.1, 0.15) is 5.56 Å². The monoisotopic (exact) mass is 271 g/mol. The average molecular weight is 272 g/mol. The molecule has 96 valence electrons. The second-order valence-corrected chi connectivity index (χ2v) is 3.65. The fourth-order valence-electron chi connectivity index (χ4n) is 0.971. The quantitative estimate of drug-likeness (QED) is 0.507. The molecule has 1 rings (SSSR count). The number of nitrogen functional groups attached to an aromatic ring is 1. The maximum atomic E-state index is 12.9. The van der Waals surface area contributed by atoms with Gasteiger partial charge in [-0.05, 0) is 17.7 Å². The van der Waals surface area contributed by atoms with E-state index in [9.17, 15) is 17.6 Å². The van der Waals surface area contributed by atoms with Gasteiger partial charge in [0.1, 0.15) is 0 Å². The molecule has 0 aliphatic heterocycles. The highest BCUT2D eigenvalue weighted by Crippen LogP contribution is 2.36. The molecule has 0 atom stereocenters. The van der Waals surface area contributed by atoms with Crippen LogP contribution >= 0.6 is 11.6 Å². The summed E-state index contributed by atoms with van der Waals surface area (Å²) in [5, 5.41) is 0.